The molecule has 2 aromatic carbocycles. The van der Waals surface area contributed by atoms with E-state index in [1.165, 1.54) is 4.31 Å². The standard InChI is InChI=1S/C22H28N2O5S/c1-5-17(16-10-11-19(28-3)15(2)14-16)23-22(25)21-12-13-24(30(4,26)27)18-8-6-7-9-20(18)29-21/h6-11,14,17,21H,5,12-13H2,1-4H3,(H,23,25). The number of hydrogen-bond donors (Lipinski definition) is 1. The van der Waals surface area contributed by atoms with Gasteiger partial charge >= 0.3 is 0 Å². The monoisotopic (exact) mass is 432 g/mol. The predicted octanol–water partition coefficient (Wildman–Crippen LogP) is 3.19. The number of fused-ring (bicyclic) bond motifs is 1. The number of amides is 1. The summed E-state index contributed by atoms with van der Waals surface area (Å²) in [4.78, 5) is 13.0. The average Bonchev–Trinajstić information content (AvgIpc) is 2.91. The number of nitrogens with zero attached hydrogens (tertiary/aromatic N) is 1. The Bertz CT molecular complexity index is 1020. The van der Waals surface area contributed by atoms with Gasteiger partial charge in [-0.05, 0) is 42.7 Å². The smallest absolute Gasteiger partial charge is 0.261 e. The van der Waals surface area contributed by atoms with Gasteiger partial charge in [-0.25, -0.2) is 8.42 Å². The van der Waals surface area contributed by atoms with Crippen LogP contribution < -0.4 is 19.1 Å². The molecule has 7 nitrogen and oxygen atoms in total. The Labute approximate surface area is 178 Å². The van der Waals surface area contributed by atoms with E-state index >= 15 is 0 Å². The molecule has 3 rings (SSSR count). The first-order valence-electron chi connectivity index (χ1n) is 9.93. The fourth-order valence-electron chi connectivity index (χ4n) is 3.66. The van der Waals surface area contributed by atoms with E-state index in [1.54, 1.807) is 31.4 Å². The topological polar surface area (TPSA) is 84.9 Å². The molecule has 0 bridgehead atoms. The highest BCUT2D eigenvalue weighted by Crippen LogP contribution is 2.34. The summed E-state index contributed by atoms with van der Waals surface area (Å²) in [5.74, 6) is 0.916. The van der Waals surface area contributed by atoms with Gasteiger partial charge in [0.15, 0.2) is 6.10 Å². The van der Waals surface area contributed by atoms with Crippen molar-refractivity contribution in [1.82, 2.24) is 5.32 Å². The second kappa shape index (κ2) is 8.95. The van der Waals surface area contributed by atoms with E-state index in [2.05, 4.69) is 5.32 Å². The maximum absolute atomic E-state index is 13.0. The summed E-state index contributed by atoms with van der Waals surface area (Å²) in [6, 6.07) is 12.5. The van der Waals surface area contributed by atoms with Crippen LogP contribution in [0.4, 0.5) is 5.69 Å². The molecule has 162 valence electrons. The van der Waals surface area contributed by atoms with Gasteiger partial charge in [0.1, 0.15) is 11.5 Å². The lowest BCUT2D eigenvalue weighted by Crippen LogP contribution is -2.41. The summed E-state index contributed by atoms with van der Waals surface area (Å²) < 4.78 is 37.0. The molecule has 30 heavy (non-hydrogen) atoms. The number of anilines is 1. The third-order valence-corrected chi connectivity index (χ3v) is 6.42. The third-order valence-electron chi connectivity index (χ3n) is 5.24. The van der Waals surface area contributed by atoms with Gasteiger partial charge in [0.05, 0.1) is 25.1 Å². The van der Waals surface area contributed by atoms with Gasteiger partial charge in [-0.2, -0.15) is 0 Å². The maximum atomic E-state index is 13.0. The first-order chi connectivity index (χ1) is 14.2. The highest BCUT2D eigenvalue weighted by atomic mass is 32.2. The molecule has 0 spiro atoms. The molecule has 0 saturated carbocycles. The molecule has 8 heteroatoms. The molecule has 1 heterocycles. The van der Waals surface area contributed by atoms with Crippen molar-refractivity contribution < 1.29 is 22.7 Å². The summed E-state index contributed by atoms with van der Waals surface area (Å²) in [6.07, 6.45) is 1.33. The van der Waals surface area contributed by atoms with Crippen LogP contribution in [0.1, 0.15) is 36.9 Å². The van der Waals surface area contributed by atoms with E-state index in [0.29, 0.717) is 17.9 Å². The summed E-state index contributed by atoms with van der Waals surface area (Å²) >= 11 is 0. The number of carbonyl (C=O) groups excluding carboxylic acids is 1. The molecule has 2 unspecified atom stereocenters. The molecular weight excluding hydrogens is 404 g/mol. The van der Waals surface area contributed by atoms with Crippen LogP contribution in [0.15, 0.2) is 42.5 Å². The molecule has 0 saturated heterocycles. The van der Waals surface area contributed by atoms with E-state index in [0.717, 1.165) is 23.1 Å². The molecule has 1 aliphatic rings. The van der Waals surface area contributed by atoms with Crippen molar-refractivity contribution >= 4 is 21.6 Å². The van der Waals surface area contributed by atoms with Crippen LogP contribution in [0.3, 0.4) is 0 Å². The van der Waals surface area contributed by atoms with Crippen LogP contribution in [0.5, 0.6) is 11.5 Å². The Morgan fingerprint density at radius 2 is 2.03 bits per heavy atom. The first kappa shape index (κ1) is 22.0. The maximum Gasteiger partial charge on any atom is 0.261 e. The van der Waals surface area contributed by atoms with Crippen LogP contribution in [-0.2, 0) is 14.8 Å². The number of carbonyl (C=O) groups is 1. The number of benzene rings is 2. The second-order valence-electron chi connectivity index (χ2n) is 7.40. The van der Waals surface area contributed by atoms with Crippen molar-refractivity contribution in [2.75, 3.05) is 24.2 Å². The number of nitrogens with one attached hydrogen (secondary N) is 1. The summed E-state index contributed by atoms with van der Waals surface area (Å²) in [7, 11) is -1.86. The molecule has 0 aromatic heterocycles. The number of methoxy groups -OCH3 is 1. The van der Waals surface area contributed by atoms with Crippen molar-refractivity contribution in [3.63, 3.8) is 0 Å². The Balaban J connectivity index is 1.81. The van der Waals surface area contributed by atoms with E-state index in [4.69, 9.17) is 9.47 Å². The Kier molecular flexibility index (Phi) is 6.55. The quantitative estimate of drug-likeness (QED) is 0.758. The normalized spacial score (nSPS) is 17.3. The third kappa shape index (κ3) is 4.70. The summed E-state index contributed by atoms with van der Waals surface area (Å²) in [5.41, 5.74) is 2.43. The van der Waals surface area contributed by atoms with Gasteiger partial charge < -0.3 is 14.8 Å². The number of aryl methyl sites for hydroxylation is 1. The molecule has 1 aliphatic heterocycles. The lowest BCUT2D eigenvalue weighted by Gasteiger charge is -2.22. The number of sulfonamides is 1. The predicted molar refractivity (Wildman–Crippen MR) is 117 cm³/mol. The van der Waals surface area contributed by atoms with Gasteiger partial charge in [0, 0.05) is 13.0 Å². The number of ether oxygens (including phenoxy) is 2. The fraction of sp³-hybridized carbons (Fsp3) is 0.409. The van der Waals surface area contributed by atoms with Crippen LogP contribution in [-0.4, -0.2) is 40.3 Å². The largest absolute Gasteiger partial charge is 0.496 e. The molecule has 1 N–H and O–H groups in total. The number of rotatable bonds is 6. The van der Waals surface area contributed by atoms with Gasteiger partial charge in [0.25, 0.3) is 5.91 Å². The zero-order valence-corrected chi connectivity index (χ0v) is 18.5. The minimum Gasteiger partial charge on any atom is -0.496 e. The van der Waals surface area contributed by atoms with Gasteiger partial charge in [-0.1, -0.05) is 31.2 Å². The van der Waals surface area contributed by atoms with Crippen LogP contribution >= 0.6 is 0 Å². The van der Waals surface area contributed by atoms with Crippen LogP contribution in [0, 0.1) is 6.92 Å². The van der Waals surface area contributed by atoms with Gasteiger partial charge in [-0.15, -0.1) is 0 Å². The van der Waals surface area contributed by atoms with E-state index in [1.807, 2.05) is 32.0 Å². The average molecular weight is 433 g/mol. The fourth-order valence-corrected chi connectivity index (χ4v) is 4.61. The zero-order valence-electron chi connectivity index (χ0n) is 17.7. The SMILES string of the molecule is CCC(NC(=O)C1CCN(S(C)(=O)=O)c2ccccc2O1)c1ccc(OC)c(C)c1. The van der Waals surface area contributed by atoms with Crippen molar-refractivity contribution in [1.29, 1.82) is 0 Å². The number of hydrogen-bond acceptors (Lipinski definition) is 5. The Hall–Kier alpha value is -2.74. The van der Waals surface area contributed by atoms with Crippen molar-refractivity contribution in [3.8, 4) is 11.5 Å². The molecule has 0 fully saturated rings. The molecule has 1 amide bonds. The molecule has 2 atom stereocenters. The zero-order chi connectivity index (χ0) is 21.9. The lowest BCUT2D eigenvalue weighted by molar-refractivity contribution is -0.128. The minimum absolute atomic E-state index is 0.173. The van der Waals surface area contributed by atoms with Gasteiger partial charge in [0.2, 0.25) is 10.0 Å². The minimum atomic E-state index is -3.48. The highest BCUT2D eigenvalue weighted by Gasteiger charge is 2.31. The molecule has 0 aliphatic carbocycles. The van der Waals surface area contributed by atoms with Crippen molar-refractivity contribution in [2.24, 2.45) is 0 Å². The highest BCUT2D eigenvalue weighted by molar-refractivity contribution is 7.92. The summed E-state index contributed by atoms with van der Waals surface area (Å²) in [6.45, 7) is 4.13. The van der Waals surface area contributed by atoms with E-state index in [9.17, 15) is 13.2 Å². The van der Waals surface area contributed by atoms with Crippen molar-refractivity contribution in [2.45, 2.75) is 38.8 Å². The second-order valence-corrected chi connectivity index (χ2v) is 9.30. The summed E-state index contributed by atoms with van der Waals surface area (Å²) in [5, 5.41) is 3.06. The Morgan fingerprint density at radius 1 is 1.30 bits per heavy atom. The van der Waals surface area contributed by atoms with E-state index in [-0.39, 0.29) is 24.9 Å². The van der Waals surface area contributed by atoms with Gasteiger partial charge in [-0.3, -0.25) is 9.10 Å². The van der Waals surface area contributed by atoms with Crippen molar-refractivity contribution in [3.05, 3.63) is 53.6 Å². The van der Waals surface area contributed by atoms with Crippen LogP contribution in [0.25, 0.3) is 0 Å². The Morgan fingerprint density at radius 3 is 2.67 bits per heavy atom. The first-order valence-corrected chi connectivity index (χ1v) is 11.8. The molecule has 0 radical (unpaired) electrons. The van der Waals surface area contributed by atoms with E-state index < -0.39 is 16.1 Å². The number of para-hydroxylation sites is 2. The molecule has 2 aromatic rings. The molecular formula is C22H28N2O5S. The van der Waals surface area contributed by atoms with Crippen LogP contribution in [0.2, 0.25) is 0 Å². The lowest BCUT2D eigenvalue weighted by atomic mass is 10.0.